The number of hydrogen-bond acceptors (Lipinski definition) is 3. The SMILES string of the molecule is NC1CCC(c2nc3ncc(Br)cc3[nH]2)CC1. The van der Waals surface area contributed by atoms with Gasteiger partial charge in [0.25, 0.3) is 0 Å². The Morgan fingerprint density at radius 2 is 2.06 bits per heavy atom. The average Bonchev–Trinajstić information content (AvgIpc) is 2.72. The number of nitrogens with one attached hydrogen (secondary N) is 1. The molecule has 0 bridgehead atoms. The second-order valence-corrected chi connectivity index (χ2v) is 5.67. The molecule has 1 aliphatic rings. The van der Waals surface area contributed by atoms with Crippen molar-refractivity contribution in [1.82, 2.24) is 15.0 Å². The topological polar surface area (TPSA) is 67.6 Å². The van der Waals surface area contributed by atoms with Crippen LogP contribution < -0.4 is 5.73 Å². The summed E-state index contributed by atoms with van der Waals surface area (Å²) >= 11 is 3.42. The maximum absolute atomic E-state index is 5.92. The van der Waals surface area contributed by atoms with E-state index in [2.05, 4.69) is 30.9 Å². The summed E-state index contributed by atoms with van der Waals surface area (Å²) in [5.41, 5.74) is 7.73. The number of aromatic amines is 1. The lowest BCUT2D eigenvalue weighted by molar-refractivity contribution is 0.386. The Bertz CT molecular complexity index is 528. The van der Waals surface area contributed by atoms with Crippen LogP contribution in [0, 0.1) is 0 Å². The van der Waals surface area contributed by atoms with Gasteiger partial charge in [-0.3, -0.25) is 0 Å². The minimum absolute atomic E-state index is 0.378. The van der Waals surface area contributed by atoms with E-state index in [1.165, 1.54) is 0 Å². The van der Waals surface area contributed by atoms with Crippen LogP contribution in [0.5, 0.6) is 0 Å². The normalized spacial score (nSPS) is 25.3. The minimum Gasteiger partial charge on any atom is -0.340 e. The molecule has 17 heavy (non-hydrogen) atoms. The van der Waals surface area contributed by atoms with Gasteiger partial charge in [0.05, 0.1) is 5.52 Å². The molecule has 5 heteroatoms. The van der Waals surface area contributed by atoms with Crippen LogP contribution in [0.25, 0.3) is 11.2 Å². The number of H-pyrrole nitrogens is 1. The number of aromatic nitrogens is 3. The average molecular weight is 295 g/mol. The van der Waals surface area contributed by atoms with Crippen LogP contribution in [0.15, 0.2) is 16.7 Å². The summed E-state index contributed by atoms with van der Waals surface area (Å²) in [5, 5.41) is 0. The van der Waals surface area contributed by atoms with Crippen molar-refractivity contribution in [1.29, 1.82) is 0 Å². The van der Waals surface area contributed by atoms with Crippen LogP contribution >= 0.6 is 15.9 Å². The zero-order chi connectivity index (χ0) is 11.8. The molecule has 0 spiro atoms. The standard InChI is InChI=1S/C12H15BrN4/c13-8-5-10-12(15-6-8)17-11(16-10)7-1-3-9(14)4-2-7/h5-7,9H,1-4,14H2,(H,15,16,17). The fraction of sp³-hybridized carbons (Fsp3) is 0.500. The molecule has 0 atom stereocenters. The summed E-state index contributed by atoms with van der Waals surface area (Å²) in [6.45, 7) is 0. The number of imidazole rings is 1. The van der Waals surface area contributed by atoms with Crippen LogP contribution in [-0.2, 0) is 0 Å². The fourth-order valence-corrected chi connectivity index (χ4v) is 2.81. The van der Waals surface area contributed by atoms with E-state index in [0.29, 0.717) is 12.0 Å². The molecule has 0 saturated heterocycles. The van der Waals surface area contributed by atoms with Crippen LogP contribution in [0.4, 0.5) is 0 Å². The Balaban J connectivity index is 1.90. The zero-order valence-electron chi connectivity index (χ0n) is 9.49. The first-order valence-corrected chi connectivity index (χ1v) is 6.78. The lowest BCUT2D eigenvalue weighted by Crippen LogP contribution is -2.26. The Hall–Kier alpha value is -0.940. The predicted octanol–water partition coefficient (Wildman–Crippen LogP) is 2.71. The number of pyridine rings is 1. The molecule has 0 radical (unpaired) electrons. The lowest BCUT2D eigenvalue weighted by Gasteiger charge is -2.24. The maximum Gasteiger partial charge on any atom is 0.177 e. The van der Waals surface area contributed by atoms with Gasteiger partial charge in [0.1, 0.15) is 5.82 Å². The quantitative estimate of drug-likeness (QED) is 0.850. The van der Waals surface area contributed by atoms with Crippen LogP contribution in [0.3, 0.4) is 0 Å². The van der Waals surface area contributed by atoms with Crippen molar-refractivity contribution in [2.45, 2.75) is 37.6 Å². The van der Waals surface area contributed by atoms with E-state index in [-0.39, 0.29) is 0 Å². The maximum atomic E-state index is 5.92. The third-order valence-electron chi connectivity index (χ3n) is 3.48. The van der Waals surface area contributed by atoms with Crippen LogP contribution in [-0.4, -0.2) is 21.0 Å². The van der Waals surface area contributed by atoms with Crippen molar-refractivity contribution in [3.63, 3.8) is 0 Å². The molecule has 2 aromatic rings. The number of fused-ring (bicyclic) bond motifs is 1. The summed E-state index contributed by atoms with van der Waals surface area (Å²) < 4.78 is 0.978. The molecule has 0 unspecified atom stereocenters. The van der Waals surface area contributed by atoms with Crippen molar-refractivity contribution >= 4 is 27.1 Å². The van der Waals surface area contributed by atoms with Gasteiger partial charge in [-0.2, -0.15) is 0 Å². The number of nitrogens with zero attached hydrogens (tertiary/aromatic N) is 2. The van der Waals surface area contributed by atoms with E-state index >= 15 is 0 Å². The van der Waals surface area contributed by atoms with Gasteiger partial charge in [0, 0.05) is 22.6 Å². The Morgan fingerprint density at radius 1 is 1.29 bits per heavy atom. The molecule has 0 aliphatic heterocycles. The molecule has 1 saturated carbocycles. The third-order valence-corrected chi connectivity index (χ3v) is 3.91. The Kier molecular flexibility index (Phi) is 2.88. The highest BCUT2D eigenvalue weighted by molar-refractivity contribution is 9.10. The van der Waals surface area contributed by atoms with Crippen LogP contribution in [0.1, 0.15) is 37.4 Å². The molecule has 3 rings (SSSR count). The monoisotopic (exact) mass is 294 g/mol. The number of hydrogen-bond donors (Lipinski definition) is 2. The third kappa shape index (κ3) is 2.21. The van der Waals surface area contributed by atoms with E-state index in [1.807, 2.05) is 6.07 Å². The first kappa shape index (κ1) is 11.2. The van der Waals surface area contributed by atoms with Gasteiger partial charge in [0.15, 0.2) is 5.65 Å². The van der Waals surface area contributed by atoms with E-state index in [1.54, 1.807) is 6.20 Å². The minimum atomic E-state index is 0.378. The van der Waals surface area contributed by atoms with Crippen molar-refractivity contribution in [2.75, 3.05) is 0 Å². The van der Waals surface area contributed by atoms with Gasteiger partial charge in [-0.15, -0.1) is 0 Å². The van der Waals surface area contributed by atoms with Crippen molar-refractivity contribution < 1.29 is 0 Å². The first-order valence-electron chi connectivity index (χ1n) is 5.99. The molecule has 90 valence electrons. The van der Waals surface area contributed by atoms with Crippen LogP contribution in [0.2, 0.25) is 0 Å². The summed E-state index contributed by atoms with van der Waals surface area (Å²) in [7, 11) is 0. The second kappa shape index (κ2) is 4.38. The highest BCUT2D eigenvalue weighted by atomic mass is 79.9. The number of nitrogens with two attached hydrogens (primary N) is 1. The first-order chi connectivity index (χ1) is 8.22. The number of rotatable bonds is 1. The van der Waals surface area contributed by atoms with Gasteiger partial charge in [-0.25, -0.2) is 9.97 Å². The highest BCUT2D eigenvalue weighted by Gasteiger charge is 2.22. The van der Waals surface area contributed by atoms with Gasteiger partial charge < -0.3 is 10.7 Å². The predicted molar refractivity (Wildman–Crippen MR) is 70.8 cm³/mol. The molecular formula is C12H15BrN4. The highest BCUT2D eigenvalue weighted by Crippen LogP contribution is 2.31. The molecule has 1 aliphatic carbocycles. The van der Waals surface area contributed by atoms with E-state index < -0.39 is 0 Å². The van der Waals surface area contributed by atoms with Crippen molar-refractivity contribution in [2.24, 2.45) is 5.73 Å². The molecule has 2 aromatic heterocycles. The van der Waals surface area contributed by atoms with Gasteiger partial charge >= 0.3 is 0 Å². The fourth-order valence-electron chi connectivity index (χ4n) is 2.48. The van der Waals surface area contributed by atoms with Crippen molar-refractivity contribution in [3.05, 3.63) is 22.6 Å². The largest absolute Gasteiger partial charge is 0.340 e. The molecule has 0 amide bonds. The van der Waals surface area contributed by atoms with Gasteiger partial charge in [0.2, 0.25) is 0 Å². The molecule has 2 heterocycles. The molecule has 3 N–H and O–H groups in total. The summed E-state index contributed by atoms with van der Waals surface area (Å²) in [5.74, 6) is 1.58. The van der Waals surface area contributed by atoms with Gasteiger partial charge in [-0.1, -0.05) is 0 Å². The summed E-state index contributed by atoms with van der Waals surface area (Å²) in [6, 6.07) is 2.40. The lowest BCUT2D eigenvalue weighted by atomic mass is 9.86. The molecular weight excluding hydrogens is 280 g/mol. The van der Waals surface area contributed by atoms with E-state index in [4.69, 9.17) is 5.73 Å². The van der Waals surface area contributed by atoms with E-state index in [0.717, 1.165) is 47.1 Å². The second-order valence-electron chi connectivity index (χ2n) is 4.76. The Morgan fingerprint density at radius 3 is 2.82 bits per heavy atom. The molecule has 1 fully saturated rings. The zero-order valence-corrected chi connectivity index (χ0v) is 11.1. The molecule has 4 nitrogen and oxygen atoms in total. The summed E-state index contributed by atoms with van der Waals surface area (Å²) in [6.07, 6.45) is 6.23. The van der Waals surface area contributed by atoms with Gasteiger partial charge in [-0.05, 0) is 47.7 Å². The Labute approximate surface area is 108 Å². The molecule has 0 aromatic carbocycles. The van der Waals surface area contributed by atoms with E-state index in [9.17, 15) is 0 Å². The summed E-state index contributed by atoms with van der Waals surface area (Å²) in [4.78, 5) is 12.2. The smallest absolute Gasteiger partial charge is 0.177 e. The number of halogens is 1. The van der Waals surface area contributed by atoms with Crippen molar-refractivity contribution in [3.8, 4) is 0 Å².